The number of aromatic nitrogens is 6. The van der Waals surface area contributed by atoms with Gasteiger partial charge in [-0.3, -0.25) is 19.3 Å². The lowest BCUT2D eigenvalue weighted by Gasteiger charge is -2.12. The first kappa shape index (κ1) is 28.4. The van der Waals surface area contributed by atoms with Crippen LogP contribution in [0.25, 0.3) is 45.2 Å². The second-order valence-electron chi connectivity index (χ2n) is 10.7. The van der Waals surface area contributed by atoms with Crippen molar-refractivity contribution in [3.8, 4) is 34.0 Å². The van der Waals surface area contributed by atoms with Gasteiger partial charge in [0.25, 0.3) is 11.5 Å². The van der Waals surface area contributed by atoms with E-state index in [1.807, 2.05) is 83.4 Å². The summed E-state index contributed by atoms with van der Waals surface area (Å²) >= 11 is 0. The number of halogens is 1. The molecule has 0 fully saturated rings. The van der Waals surface area contributed by atoms with Crippen molar-refractivity contribution in [1.82, 2.24) is 34.6 Å². The summed E-state index contributed by atoms with van der Waals surface area (Å²) in [7, 11) is 0. The smallest absolute Gasteiger partial charge is 0.271 e. The van der Waals surface area contributed by atoms with Crippen LogP contribution in [0.15, 0.2) is 114 Å². The first-order valence-electron chi connectivity index (χ1n) is 14.5. The second-order valence-corrected chi connectivity index (χ2v) is 10.7. The molecule has 1 amide bonds. The summed E-state index contributed by atoms with van der Waals surface area (Å²) in [6, 6.07) is 30.4. The largest absolute Gasteiger partial charge is 0.383 e. The lowest BCUT2D eigenvalue weighted by molar-refractivity contribution is 0.0950. The van der Waals surface area contributed by atoms with Crippen LogP contribution < -0.4 is 16.6 Å². The number of amides is 1. The summed E-state index contributed by atoms with van der Waals surface area (Å²) in [5.74, 6) is -0.192. The lowest BCUT2D eigenvalue weighted by Crippen LogP contribution is -2.23. The van der Waals surface area contributed by atoms with Crippen LogP contribution in [0, 0.1) is 12.7 Å². The van der Waals surface area contributed by atoms with Crippen LogP contribution in [0.3, 0.4) is 0 Å². The Balaban J connectivity index is 1.17. The number of pyridine rings is 2. The number of nitrogens with two attached hydrogens (primary N) is 1. The summed E-state index contributed by atoms with van der Waals surface area (Å²) in [6.45, 7) is 1.91. The van der Waals surface area contributed by atoms with Crippen molar-refractivity contribution in [2.45, 2.75) is 13.5 Å². The number of hydrogen-bond acceptors (Lipinski definition) is 6. The number of nitrogens with zero attached hydrogens (tertiary/aromatic N) is 5. The summed E-state index contributed by atoms with van der Waals surface area (Å²) < 4.78 is 17.9. The molecule has 0 radical (unpaired) electrons. The van der Waals surface area contributed by atoms with Gasteiger partial charge in [0.2, 0.25) is 0 Å². The van der Waals surface area contributed by atoms with Gasteiger partial charge < -0.3 is 11.1 Å². The molecule has 0 aliphatic heterocycles. The van der Waals surface area contributed by atoms with Gasteiger partial charge in [0.05, 0.1) is 11.3 Å². The van der Waals surface area contributed by atoms with Gasteiger partial charge in [-0.2, -0.15) is 0 Å². The van der Waals surface area contributed by atoms with E-state index in [0.29, 0.717) is 34.1 Å². The van der Waals surface area contributed by atoms with Crippen LogP contribution in [0.2, 0.25) is 0 Å². The maximum atomic E-state index is 14.9. The van der Waals surface area contributed by atoms with Gasteiger partial charge in [0.15, 0.2) is 11.5 Å². The van der Waals surface area contributed by atoms with Crippen LogP contribution in [-0.4, -0.2) is 35.2 Å². The molecule has 0 aliphatic carbocycles. The minimum absolute atomic E-state index is 0.0371. The standard InChI is InChI=1S/C35H27FN8O2/c1-21-18-31(45)44(42-21)30-16-11-24(19-27(30)36)35(46)39-20-22-9-12-25(13-10-22)43-33(26-8-5-17-38-32(26)37)41-29-15-14-28(40-34(29)43)23-6-3-2-4-7-23/h2-19,42H,20H2,1H3,(H2,37,38)(H,39,46). The Kier molecular flexibility index (Phi) is 7.18. The Labute approximate surface area is 262 Å². The monoisotopic (exact) mass is 610 g/mol. The van der Waals surface area contributed by atoms with Crippen molar-refractivity contribution >= 4 is 22.9 Å². The minimum Gasteiger partial charge on any atom is -0.383 e. The Morgan fingerprint density at radius 3 is 2.46 bits per heavy atom. The second kappa shape index (κ2) is 11.6. The number of fused-ring (bicyclic) bond motifs is 1. The normalized spacial score (nSPS) is 11.2. The number of H-pyrrole nitrogens is 1. The summed E-state index contributed by atoms with van der Waals surface area (Å²) in [4.78, 5) is 39.1. The molecule has 4 heterocycles. The molecule has 0 saturated carbocycles. The molecule has 0 unspecified atom stereocenters. The highest BCUT2D eigenvalue weighted by molar-refractivity contribution is 5.94. The van der Waals surface area contributed by atoms with Gasteiger partial charge in [-0.15, -0.1) is 0 Å². The zero-order chi connectivity index (χ0) is 31.8. The molecular weight excluding hydrogens is 583 g/mol. The Bertz CT molecular complexity index is 2290. The molecule has 11 heteroatoms. The highest BCUT2D eigenvalue weighted by Crippen LogP contribution is 2.31. The third kappa shape index (κ3) is 5.30. The zero-order valence-corrected chi connectivity index (χ0v) is 24.6. The van der Waals surface area contributed by atoms with Crippen molar-refractivity contribution in [3.63, 3.8) is 0 Å². The zero-order valence-electron chi connectivity index (χ0n) is 24.6. The molecule has 0 aliphatic rings. The van der Waals surface area contributed by atoms with Crippen LogP contribution in [0.4, 0.5) is 10.2 Å². The van der Waals surface area contributed by atoms with Crippen molar-refractivity contribution in [2.24, 2.45) is 0 Å². The number of carbonyl (C=O) groups excluding carboxylic acids is 1. The fourth-order valence-corrected chi connectivity index (χ4v) is 5.33. The molecule has 46 heavy (non-hydrogen) atoms. The predicted octanol–water partition coefficient (Wildman–Crippen LogP) is 5.59. The molecule has 7 aromatic rings. The van der Waals surface area contributed by atoms with Crippen molar-refractivity contribution in [3.05, 3.63) is 142 Å². The molecule has 7 rings (SSSR count). The maximum Gasteiger partial charge on any atom is 0.271 e. The van der Waals surface area contributed by atoms with Crippen molar-refractivity contribution < 1.29 is 9.18 Å². The number of anilines is 1. The first-order valence-corrected chi connectivity index (χ1v) is 14.5. The molecule has 0 bridgehead atoms. The number of carbonyl (C=O) groups is 1. The summed E-state index contributed by atoms with van der Waals surface area (Å²) in [6.07, 6.45) is 1.63. The summed E-state index contributed by atoms with van der Waals surface area (Å²) in [5.41, 5.74) is 12.1. The Morgan fingerprint density at radius 2 is 1.74 bits per heavy atom. The van der Waals surface area contributed by atoms with E-state index in [2.05, 4.69) is 15.4 Å². The van der Waals surface area contributed by atoms with Crippen LogP contribution in [0.5, 0.6) is 0 Å². The Morgan fingerprint density at radius 1 is 0.935 bits per heavy atom. The molecule has 0 spiro atoms. The molecular formula is C35H27FN8O2. The Hall–Kier alpha value is -6.36. The number of imidazole rings is 1. The van der Waals surface area contributed by atoms with E-state index < -0.39 is 11.7 Å². The van der Waals surface area contributed by atoms with E-state index in [4.69, 9.17) is 15.7 Å². The van der Waals surface area contributed by atoms with Gasteiger partial charge in [-0.25, -0.2) is 24.0 Å². The van der Waals surface area contributed by atoms with E-state index in [0.717, 1.165) is 33.3 Å². The molecule has 4 N–H and O–H groups in total. The summed E-state index contributed by atoms with van der Waals surface area (Å²) in [5, 5.41) is 5.62. The number of hydrogen-bond donors (Lipinski definition) is 3. The maximum absolute atomic E-state index is 14.9. The number of nitrogens with one attached hydrogen (secondary N) is 2. The topological polar surface area (TPSA) is 137 Å². The highest BCUT2D eigenvalue weighted by atomic mass is 19.1. The number of aromatic amines is 1. The SMILES string of the molecule is Cc1cc(=O)n(-c2ccc(C(=O)NCc3ccc(-n4c(-c5cccnc5N)nc5ccc(-c6ccccc6)nc54)cc3)cc2F)[nH]1. The van der Waals surface area contributed by atoms with Crippen molar-refractivity contribution in [2.75, 3.05) is 5.73 Å². The average Bonchev–Trinajstić information content (AvgIpc) is 3.62. The number of rotatable bonds is 7. The number of aryl methyl sites for hydroxylation is 1. The molecule has 0 saturated heterocycles. The van der Waals surface area contributed by atoms with E-state index in [1.54, 1.807) is 13.1 Å². The fourth-order valence-electron chi connectivity index (χ4n) is 5.33. The predicted molar refractivity (Wildman–Crippen MR) is 174 cm³/mol. The third-order valence-corrected chi connectivity index (χ3v) is 7.60. The number of nitrogen functional groups attached to an aromatic ring is 1. The third-order valence-electron chi connectivity index (χ3n) is 7.60. The molecule has 10 nitrogen and oxygen atoms in total. The van der Waals surface area contributed by atoms with E-state index in [-0.39, 0.29) is 23.4 Å². The minimum atomic E-state index is -0.692. The van der Waals surface area contributed by atoms with Crippen LogP contribution in [-0.2, 0) is 6.54 Å². The van der Waals surface area contributed by atoms with Crippen LogP contribution >= 0.6 is 0 Å². The average molecular weight is 611 g/mol. The van der Waals surface area contributed by atoms with E-state index in [9.17, 15) is 14.0 Å². The molecule has 0 atom stereocenters. The molecule has 3 aromatic carbocycles. The van der Waals surface area contributed by atoms with Gasteiger partial charge in [0.1, 0.15) is 22.8 Å². The molecule has 226 valence electrons. The van der Waals surface area contributed by atoms with Crippen molar-refractivity contribution in [1.29, 1.82) is 0 Å². The van der Waals surface area contributed by atoms with Gasteiger partial charge >= 0.3 is 0 Å². The van der Waals surface area contributed by atoms with Gasteiger partial charge in [0, 0.05) is 41.3 Å². The van der Waals surface area contributed by atoms with E-state index >= 15 is 0 Å². The highest BCUT2D eigenvalue weighted by Gasteiger charge is 2.19. The molecule has 4 aromatic heterocycles. The van der Waals surface area contributed by atoms with Crippen LogP contribution in [0.1, 0.15) is 21.6 Å². The lowest BCUT2D eigenvalue weighted by atomic mass is 10.1. The van der Waals surface area contributed by atoms with E-state index in [1.165, 1.54) is 18.2 Å². The van der Waals surface area contributed by atoms with Gasteiger partial charge in [-0.05, 0) is 67.1 Å². The number of benzene rings is 3. The fraction of sp³-hybridized carbons (Fsp3) is 0.0571. The quantitative estimate of drug-likeness (QED) is 0.215. The first-order chi connectivity index (χ1) is 22.4. The van der Waals surface area contributed by atoms with Gasteiger partial charge in [-0.1, -0.05) is 42.5 Å².